The zero-order valence-corrected chi connectivity index (χ0v) is 16.0. The highest BCUT2D eigenvalue weighted by molar-refractivity contribution is 5.66. The van der Waals surface area contributed by atoms with Crippen LogP contribution in [0.2, 0.25) is 0 Å². The van der Waals surface area contributed by atoms with Crippen LogP contribution in [0, 0.1) is 17.8 Å². The van der Waals surface area contributed by atoms with E-state index >= 15 is 0 Å². The van der Waals surface area contributed by atoms with Gasteiger partial charge < -0.3 is 15.3 Å². The topological polar surface area (TPSA) is 77.8 Å². The van der Waals surface area contributed by atoms with Crippen molar-refractivity contribution in [3.05, 3.63) is 23.8 Å². The second-order valence-corrected chi connectivity index (χ2v) is 8.03. The fourth-order valence-corrected chi connectivity index (χ4v) is 4.61. The summed E-state index contributed by atoms with van der Waals surface area (Å²) < 4.78 is 0. The Balaban J connectivity index is 1.73. The molecule has 0 radical (unpaired) electrons. The van der Waals surface area contributed by atoms with Gasteiger partial charge in [-0.15, -0.1) is 0 Å². The third-order valence-electron chi connectivity index (χ3n) is 6.03. The first-order chi connectivity index (χ1) is 12.6. The number of carboxylic acids is 1. The number of hydrogen-bond donors (Lipinski definition) is 3. The van der Waals surface area contributed by atoms with E-state index in [1.165, 1.54) is 5.57 Å². The van der Waals surface area contributed by atoms with Gasteiger partial charge in [0, 0.05) is 18.9 Å². The lowest BCUT2D eigenvalue weighted by Gasteiger charge is -2.27. The molecule has 0 heterocycles. The summed E-state index contributed by atoms with van der Waals surface area (Å²) in [4.78, 5) is 10.6. The Bertz CT molecular complexity index is 483. The van der Waals surface area contributed by atoms with E-state index in [-0.39, 0.29) is 12.5 Å². The van der Waals surface area contributed by atoms with E-state index in [1.54, 1.807) is 0 Å². The van der Waals surface area contributed by atoms with Gasteiger partial charge >= 0.3 is 5.97 Å². The van der Waals surface area contributed by atoms with Crippen molar-refractivity contribution in [3.63, 3.8) is 0 Å². The molecule has 0 unspecified atom stereocenters. The summed E-state index contributed by atoms with van der Waals surface area (Å²) in [6.45, 7) is 0.294. The van der Waals surface area contributed by atoms with Crippen LogP contribution in [0.1, 0.15) is 77.0 Å². The summed E-state index contributed by atoms with van der Waals surface area (Å²) in [7, 11) is 0. The van der Waals surface area contributed by atoms with Crippen LogP contribution in [-0.4, -0.2) is 34.0 Å². The molecule has 4 heteroatoms. The zero-order valence-electron chi connectivity index (χ0n) is 16.0. The largest absolute Gasteiger partial charge is 0.481 e. The number of aliphatic hydroxyl groups excluding tert-OH is 2. The monoisotopic (exact) mass is 364 g/mol. The van der Waals surface area contributed by atoms with E-state index in [0.717, 1.165) is 70.6 Å². The van der Waals surface area contributed by atoms with Crippen LogP contribution < -0.4 is 0 Å². The molecule has 26 heavy (non-hydrogen) atoms. The second-order valence-electron chi connectivity index (χ2n) is 8.03. The van der Waals surface area contributed by atoms with Crippen LogP contribution in [-0.2, 0) is 4.79 Å². The highest BCUT2D eigenvalue weighted by Crippen LogP contribution is 2.46. The molecule has 4 nitrogen and oxygen atoms in total. The maximum Gasteiger partial charge on any atom is 0.303 e. The average Bonchev–Trinajstić information content (AvgIpc) is 2.92. The average molecular weight is 365 g/mol. The van der Waals surface area contributed by atoms with Crippen molar-refractivity contribution >= 4 is 5.97 Å². The quantitative estimate of drug-likeness (QED) is 0.353. The number of rotatable bonds is 12. The number of aliphatic carboxylic acids is 1. The Morgan fingerprint density at radius 1 is 1.15 bits per heavy atom. The first-order valence-electron chi connectivity index (χ1n) is 10.5. The van der Waals surface area contributed by atoms with E-state index in [9.17, 15) is 9.90 Å². The number of allylic oxidation sites excluding steroid dienone is 3. The fourth-order valence-electron chi connectivity index (χ4n) is 4.61. The van der Waals surface area contributed by atoms with E-state index in [2.05, 4.69) is 18.2 Å². The van der Waals surface area contributed by atoms with Gasteiger partial charge in [-0.3, -0.25) is 4.79 Å². The van der Waals surface area contributed by atoms with Gasteiger partial charge in [0.1, 0.15) is 0 Å². The standard InChI is InChI=1S/C22H36O4/c23-14-8-4-2-1-3-5-10-20-19-13-12-17(9-6-7-11-22(25)26)15-18(19)16-21(20)24/h5,10,15,18-21,23-24H,1-4,6-9,11-14,16H2,(H,25,26)/t18-,19+,20+,21-/m1/s1. The summed E-state index contributed by atoms with van der Waals surface area (Å²) in [6, 6.07) is 0. The highest BCUT2D eigenvalue weighted by Gasteiger charge is 2.41. The minimum absolute atomic E-state index is 0.224. The minimum Gasteiger partial charge on any atom is -0.481 e. The minimum atomic E-state index is -0.704. The molecule has 3 N–H and O–H groups in total. The molecule has 0 saturated heterocycles. The fraction of sp³-hybridized carbons (Fsp3) is 0.773. The summed E-state index contributed by atoms with van der Waals surface area (Å²) >= 11 is 0. The Morgan fingerprint density at radius 2 is 1.96 bits per heavy atom. The summed E-state index contributed by atoms with van der Waals surface area (Å²) in [5, 5.41) is 28.0. The van der Waals surface area contributed by atoms with E-state index in [4.69, 9.17) is 10.2 Å². The van der Waals surface area contributed by atoms with Crippen LogP contribution in [0.15, 0.2) is 23.8 Å². The Labute approximate surface area is 158 Å². The molecule has 0 bridgehead atoms. The third-order valence-corrected chi connectivity index (χ3v) is 6.03. The molecule has 148 valence electrons. The Kier molecular flexibility index (Phi) is 9.41. The first kappa shape index (κ1) is 21.2. The Hall–Kier alpha value is -1.13. The summed E-state index contributed by atoms with van der Waals surface area (Å²) in [6.07, 6.45) is 18.2. The van der Waals surface area contributed by atoms with Gasteiger partial charge in [0.25, 0.3) is 0 Å². The Morgan fingerprint density at radius 3 is 2.73 bits per heavy atom. The molecule has 2 aliphatic carbocycles. The van der Waals surface area contributed by atoms with Crippen molar-refractivity contribution < 1.29 is 20.1 Å². The lowest BCUT2D eigenvalue weighted by atomic mass is 9.78. The molecule has 1 saturated carbocycles. The molecule has 1 fully saturated rings. The molecule has 0 aliphatic heterocycles. The van der Waals surface area contributed by atoms with Crippen molar-refractivity contribution in [3.8, 4) is 0 Å². The third kappa shape index (κ3) is 6.88. The van der Waals surface area contributed by atoms with Crippen LogP contribution in [0.25, 0.3) is 0 Å². The van der Waals surface area contributed by atoms with Crippen molar-refractivity contribution in [2.24, 2.45) is 17.8 Å². The number of unbranched alkanes of at least 4 members (excludes halogenated alkanes) is 5. The highest BCUT2D eigenvalue weighted by atomic mass is 16.4. The van der Waals surface area contributed by atoms with Crippen LogP contribution in [0.5, 0.6) is 0 Å². The lowest BCUT2D eigenvalue weighted by Crippen LogP contribution is -2.20. The van der Waals surface area contributed by atoms with E-state index in [0.29, 0.717) is 24.4 Å². The smallest absolute Gasteiger partial charge is 0.303 e. The van der Waals surface area contributed by atoms with Gasteiger partial charge in [-0.25, -0.2) is 0 Å². The molecule has 2 aliphatic rings. The van der Waals surface area contributed by atoms with Crippen molar-refractivity contribution in [1.29, 1.82) is 0 Å². The van der Waals surface area contributed by atoms with Gasteiger partial charge in [0.15, 0.2) is 0 Å². The molecular formula is C22H36O4. The number of carbonyl (C=O) groups is 1. The summed E-state index contributed by atoms with van der Waals surface area (Å²) in [5.74, 6) is 0.651. The molecule has 0 aromatic rings. The maximum atomic E-state index is 10.6. The van der Waals surface area contributed by atoms with Gasteiger partial charge in [-0.2, -0.15) is 0 Å². The number of hydrogen-bond acceptors (Lipinski definition) is 3. The molecule has 0 aromatic carbocycles. The van der Waals surface area contributed by atoms with Crippen molar-refractivity contribution in [2.75, 3.05) is 6.61 Å². The van der Waals surface area contributed by atoms with E-state index < -0.39 is 5.97 Å². The number of carboxylic acid groups (broad SMARTS) is 1. The van der Waals surface area contributed by atoms with Crippen LogP contribution in [0.4, 0.5) is 0 Å². The predicted molar refractivity (Wildman–Crippen MR) is 104 cm³/mol. The van der Waals surface area contributed by atoms with Gasteiger partial charge in [-0.05, 0) is 69.6 Å². The first-order valence-corrected chi connectivity index (χ1v) is 10.5. The van der Waals surface area contributed by atoms with Crippen LogP contribution in [0.3, 0.4) is 0 Å². The van der Waals surface area contributed by atoms with Crippen LogP contribution >= 0.6 is 0 Å². The van der Waals surface area contributed by atoms with Crippen molar-refractivity contribution in [2.45, 2.75) is 83.2 Å². The normalized spacial score (nSPS) is 28.3. The molecule has 2 rings (SSSR count). The van der Waals surface area contributed by atoms with Gasteiger partial charge in [-0.1, -0.05) is 36.6 Å². The molecular weight excluding hydrogens is 328 g/mol. The predicted octanol–water partition coefficient (Wildman–Crippen LogP) is 4.46. The van der Waals surface area contributed by atoms with Gasteiger partial charge in [0.2, 0.25) is 0 Å². The molecule has 0 amide bonds. The van der Waals surface area contributed by atoms with E-state index in [1.807, 2.05) is 0 Å². The lowest BCUT2D eigenvalue weighted by molar-refractivity contribution is -0.137. The second kappa shape index (κ2) is 11.6. The molecule has 0 spiro atoms. The van der Waals surface area contributed by atoms with Gasteiger partial charge in [0.05, 0.1) is 6.10 Å². The molecule has 4 atom stereocenters. The maximum absolute atomic E-state index is 10.6. The number of aliphatic hydroxyl groups is 2. The number of fused-ring (bicyclic) bond motifs is 1. The SMILES string of the molecule is O=C(O)CCCCC1=C[C@@H]2C[C@@H](O)[C@@H](C=CCCCCCCO)[C@H]2CC1. The zero-order chi connectivity index (χ0) is 18.8. The summed E-state index contributed by atoms with van der Waals surface area (Å²) in [5.41, 5.74) is 1.47. The molecule has 0 aromatic heterocycles. The van der Waals surface area contributed by atoms with Crippen molar-refractivity contribution in [1.82, 2.24) is 0 Å².